The van der Waals surface area contributed by atoms with Crippen LogP contribution in [0.25, 0.3) is 16.5 Å². The fourth-order valence-corrected chi connectivity index (χ4v) is 3.22. The van der Waals surface area contributed by atoms with Crippen molar-refractivity contribution in [1.82, 2.24) is 4.98 Å². The Morgan fingerprint density at radius 2 is 1.94 bits per heavy atom. The Labute approximate surface area is 194 Å². The summed E-state index contributed by atoms with van der Waals surface area (Å²) in [7, 11) is 0. The minimum Gasteiger partial charge on any atom is -0.478 e. The maximum Gasteiger partial charge on any atom is 0.411 e. The van der Waals surface area contributed by atoms with Crippen LogP contribution in [0.3, 0.4) is 0 Å². The van der Waals surface area contributed by atoms with Gasteiger partial charge in [0.15, 0.2) is 0 Å². The lowest BCUT2D eigenvalue weighted by Crippen LogP contribution is -2.15. The first-order chi connectivity index (χ1) is 15.1. The van der Waals surface area contributed by atoms with Gasteiger partial charge in [0.25, 0.3) is 0 Å². The molecule has 0 aliphatic carbocycles. The predicted molar refractivity (Wildman–Crippen MR) is 125 cm³/mol. The number of hydrogen-bond donors (Lipinski definition) is 4. The van der Waals surface area contributed by atoms with Crippen molar-refractivity contribution >= 4 is 63.3 Å². The summed E-state index contributed by atoms with van der Waals surface area (Å²) < 4.78 is 4.88. The number of aromatic nitrogens is 1. The Morgan fingerprint density at radius 1 is 1.22 bits per heavy atom. The third kappa shape index (κ3) is 6.50. The first-order valence-electron chi connectivity index (χ1n) is 9.36. The fourth-order valence-electron chi connectivity index (χ4n) is 2.63. The molecule has 2 aromatic carbocycles. The average Bonchev–Trinajstić information content (AvgIpc) is 3.17. The number of anilines is 1. The van der Waals surface area contributed by atoms with Gasteiger partial charge in [-0.25, -0.2) is 9.59 Å². The molecule has 1 heterocycles. The highest BCUT2D eigenvalue weighted by molar-refractivity contribution is 6.39. The number of H-pyrrole nitrogens is 1. The molecule has 3 aromatic rings. The van der Waals surface area contributed by atoms with Gasteiger partial charge in [0, 0.05) is 33.4 Å². The molecule has 0 saturated carbocycles. The average molecular weight is 478 g/mol. The summed E-state index contributed by atoms with van der Waals surface area (Å²) in [5.74, 6) is -1.61. The summed E-state index contributed by atoms with van der Waals surface area (Å²) in [6.45, 7) is 5.84. The lowest BCUT2D eigenvalue weighted by Gasteiger charge is -2.08. The zero-order valence-corrected chi connectivity index (χ0v) is 18.6. The molecule has 0 atom stereocenters. The van der Waals surface area contributed by atoms with E-state index in [0.717, 1.165) is 6.42 Å². The number of amides is 2. The Morgan fingerprint density at radius 3 is 2.56 bits per heavy atom. The SMILES string of the molecule is C=C(C(N)=O)c1cccc(NC(=O)OCCC)c1.O=C(O)c1c[nH]c2cc(Cl)cc(Cl)c12. The summed E-state index contributed by atoms with van der Waals surface area (Å²) >= 11 is 11.6. The van der Waals surface area contributed by atoms with E-state index >= 15 is 0 Å². The Balaban J connectivity index is 0.000000233. The van der Waals surface area contributed by atoms with Gasteiger partial charge in [-0.3, -0.25) is 10.1 Å². The number of ether oxygens (including phenoxy) is 1. The molecular formula is C22H21Cl2N3O5. The minimum atomic E-state index is -1.01. The van der Waals surface area contributed by atoms with Gasteiger partial charge >= 0.3 is 12.1 Å². The van der Waals surface area contributed by atoms with Crippen LogP contribution in [-0.2, 0) is 9.53 Å². The second-order valence-corrected chi connectivity index (χ2v) is 7.35. The maximum absolute atomic E-state index is 11.3. The highest BCUT2D eigenvalue weighted by Gasteiger charge is 2.13. The van der Waals surface area contributed by atoms with E-state index in [-0.39, 0.29) is 11.1 Å². The van der Waals surface area contributed by atoms with Gasteiger partial charge in [0.2, 0.25) is 5.91 Å². The van der Waals surface area contributed by atoms with E-state index in [9.17, 15) is 14.4 Å². The summed E-state index contributed by atoms with van der Waals surface area (Å²) in [6, 6.07) is 9.83. The van der Waals surface area contributed by atoms with Crippen molar-refractivity contribution in [2.45, 2.75) is 13.3 Å². The second kappa shape index (κ2) is 11.2. The number of nitrogens with one attached hydrogen (secondary N) is 2. The van der Waals surface area contributed by atoms with Gasteiger partial charge in [-0.2, -0.15) is 0 Å². The van der Waals surface area contributed by atoms with Crippen molar-refractivity contribution in [3.8, 4) is 0 Å². The van der Waals surface area contributed by atoms with E-state index in [1.807, 2.05) is 6.92 Å². The Kier molecular flexibility index (Phi) is 8.69. The van der Waals surface area contributed by atoms with Crippen LogP contribution in [0.1, 0.15) is 29.3 Å². The number of benzene rings is 2. The number of primary amides is 1. The molecule has 1 aromatic heterocycles. The first-order valence-corrected chi connectivity index (χ1v) is 10.1. The van der Waals surface area contributed by atoms with Crippen LogP contribution in [0.4, 0.5) is 10.5 Å². The standard InChI is InChI=1S/C13H16N2O3.C9H5Cl2NO2/c1-3-7-18-13(17)15-11-6-4-5-10(8-11)9(2)12(14)16;10-4-1-6(11)8-5(9(13)14)3-12-7(8)2-4/h4-6,8H,2-3,7H2,1H3,(H2,14,16)(H,15,17);1-3,12H,(H,13,14). The molecule has 0 bridgehead atoms. The third-order valence-corrected chi connectivity index (χ3v) is 4.64. The summed E-state index contributed by atoms with van der Waals surface area (Å²) in [6.07, 6.45) is 1.62. The Bertz CT molecular complexity index is 1170. The zero-order valence-electron chi connectivity index (χ0n) is 17.1. The molecule has 168 valence electrons. The Hall–Kier alpha value is -3.49. The number of nitrogens with two attached hydrogens (primary N) is 1. The van der Waals surface area contributed by atoms with Gasteiger partial charge in [-0.05, 0) is 36.2 Å². The van der Waals surface area contributed by atoms with Gasteiger partial charge < -0.3 is 20.6 Å². The summed E-state index contributed by atoms with van der Waals surface area (Å²) in [5, 5.41) is 12.7. The lowest BCUT2D eigenvalue weighted by molar-refractivity contribution is -0.112. The van der Waals surface area contributed by atoms with Crippen LogP contribution in [-0.4, -0.2) is 34.7 Å². The highest BCUT2D eigenvalue weighted by atomic mass is 35.5. The van der Waals surface area contributed by atoms with Gasteiger partial charge in [-0.1, -0.05) is 48.8 Å². The van der Waals surface area contributed by atoms with E-state index in [1.54, 1.807) is 30.3 Å². The third-order valence-electron chi connectivity index (χ3n) is 4.12. The van der Waals surface area contributed by atoms with E-state index in [4.69, 9.17) is 38.8 Å². The maximum atomic E-state index is 11.3. The highest BCUT2D eigenvalue weighted by Crippen LogP contribution is 2.30. The molecule has 0 unspecified atom stereocenters. The number of carbonyl (C=O) groups excluding carboxylic acids is 2. The molecule has 0 spiro atoms. The largest absolute Gasteiger partial charge is 0.478 e. The van der Waals surface area contributed by atoms with Gasteiger partial charge in [0.1, 0.15) is 0 Å². The smallest absolute Gasteiger partial charge is 0.411 e. The minimum absolute atomic E-state index is 0.154. The topological polar surface area (TPSA) is 135 Å². The fraction of sp³-hybridized carbons (Fsp3) is 0.136. The number of aromatic carboxylic acids is 1. The normalized spacial score (nSPS) is 10.1. The molecule has 5 N–H and O–H groups in total. The molecule has 10 heteroatoms. The molecular weight excluding hydrogens is 457 g/mol. The molecule has 32 heavy (non-hydrogen) atoms. The van der Waals surface area contributed by atoms with E-state index in [1.165, 1.54) is 12.3 Å². The molecule has 0 fully saturated rings. The quantitative estimate of drug-likeness (QED) is 0.356. The van der Waals surface area contributed by atoms with Crippen LogP contribution in [0.2, 0.25) is 10.0 Å². The number of carboxylic acid groups (broad SMARTS) is 1. The van der Waals surface area contributed by atoms with Crippen LogP contribution in [0, 0.1) is 0 Å². The number of carboxylic acids is 1. The molecule has 0 aliphatic heterocycles. The van der Waals surface area contributed by atoms with Crippen molar-refractivity contribution < 1.29 is 24.2 Å². The molecule has 3 rings (SSSR count). The zero-order chi connectivity index (χ0) is 23.8. The predicted octanol–water partition coefficient (Wildman–Crippen LogP) is 5.32. The number of fused-ring (bicyclic) bond motifs is 1. The first kappa shape index (κ1) is 24.8. The monoisotopic (exact) mass is 477 g/mol. The number of aromatic amines is 1. The van der Waals surface area contributed by atoms with Crippen molar-refractivity contribution in [3.63, 3.8) is 0 Å². The molecule has 0 radical (unpaired) electrons. The number of halogens is 2. The van der Waals surface area contributed by atoms with Crippen molar-refractivity contribution in [3.05, 3.63) is 70.3 Å². The number of hydrogen-bond acceptors (Lipinski definition) is 4. The van der Waals surface area contributed by atoms with Crippen molar-refractivity contribution in [1.29, 1.82) is 0 Å². The summed E-state index contributed by atoms with van der Waals surface area (Å²) in [5.41, 5.74) is 7.20. The van der Waals surface area contributed by atoms with Crippen molar-refractivity contribution in [2.75, 3.05) is 11.9 Å². The van der Waals surface area contributed by atoms with Crippen LogP contribution >= 0.6 is 23.2 Å². The van der Waals surface area contributed by atoms with Crippen LogP contribution < -0.4 is 11.1 Å². The van der Waals surface area contributed by atoms with Gasteiger partial charge in [0.05, 0.1) is 17.2 Å². The molecule has 0 saturated heterocycles. The van der Waals surface area contributed by atoms with Crippen LogP contribution in [0.15, 0.2) is 49.2 Å². The second-order valence-electron chi connectivity index (χ2n) is 6.50. The van der Waals surface area contributed by atoms with Gasteiger partial charge in [-0.15, -0.1) is 0 Å². The lowest BCUT2D eigenvalue weighted by atomic mass is 10.1. The summed E-state index contributed by atoms with van der Waals surface area (Å²) in [4.78, 5) is 35.9. The molecule has 8 nitrogen and oxygen atoms in total. The number of rotatable bonds is 6. The van der Waals surface area contributed by atoms with E-state index in [0.29, 0.717) is 38.8 Å². The van der Waals surface area contributed by atoms with Crippen molar-refractivity contribution in [2.24, 2.45) is 5.73 Å². The number of carbonyl (C=O) groups is 3. The van der Waals surface area contributed by atoms with E-state index < -0.39 is 18.0 Å². The van der Waals surface area contributed by atoms with Crippen LogP contribution in [0.5, 0.6) is 0 Å². The molecule has 2 amide bonds. The van der Waals surface area contributed by atoms with E-state index in [2.05, 4.69) is 16.9 Å². The molecule has 0 aliphatic rings.